The van der Waals surface area contributed by atoms with Gasteiger partial charge in [-0.15, -0.1) is 0 Å². The summed E-state index contributed by atoms with van der Waals surface area (Å²) in [6.07, 6.45) is 2.11. The van der Waals surface area contributed by atoms with E-state index >= 15 is 0 Å². The van der Waals surface area contributed by atoms with Crippen LogP contribution in [0.4, 0.5) is 4.39 Å². The molecule has 0 saturated heterocycles. The number of pyridine rings is 1. The van der Waals surface area contributed by atoms with E-state index in [4.69, 9.17) is 5.11 Å². The number of benzene rings is 1. The molecule has 0 radical (unpaired) electrons. The number of carbonyl (C=O) groups is 1. The molecule has 0 atom stereocenters. The summed E-state index contributed by atoms with van der Waals surface area (Å²) in [4.78, 5) is 23.1. The molecular weight excluding hydrogens is 249 g/mol. The summed E-state index contributed by atoms with van der Waals surface area (Å²) in [6.45, 7) is 4.13. The molecule has 0 saturated carbocycles. The lowest BCUT2D eigenvalue weighted by Gasteiger charge is -2.12. The van der Waals surface area contributed by atoms with Crippen LogP contribution in [0.1, 0.15) is 29.3 Å². The molecule has 0 unspecified atom stereocenters. The third kappa shape index (κ3) is 2.23. The van der Waals surface area contributed by atoms with E-state index in [-0.39, 0.29) is 10.9 Å². The number of rotatable bonds is 3. The van der Waals surface area contributed by atoms with Crippen LogP contribution in [0.3, 0.4) is 0 Å². The molecule has 1 aromatic heterocycles. The van der Waals surface area contributed by atoms with Gasteiger partial charge < -0.3 is 9.67 Å². The summed E-state index contributed by atoms with van der Waals surface area (Å²) >= 11 is 0. The Morgan fingerprint density at radius 3 is 2.68 bits per heavy atom. The topological polar surface area (TPSA) is 59.3 Å². The molecule has 1 aromatic carbocycles. The zero-order valence-corrected chi connectivity index (χ0v) is 10.7. The van der Waals surface area contributed by atoms with Gasteiger partial charge in [0.15, 0.2) is 0 Å². The van der Waals surface area contributed by atoms with E-state index in [1.807, 2.05) is 6.92 Å². The third-order valence-electron chi connectivity index (χ3n) is 3.06. The van der Waals surface area contributed by atoms with E-state index < -0.39 is 17.2 Å². The predicted molar refractivity (Wildman–Crippen MR) is 70.2 cm³/mol. The highest BCUT2D eigenvalue weighted by Gasteiger charge is 2.15. The van der Waals surface area contributed by atoms with E-state index in [1.54, 1.807) is 17.6 Å². The Balaban J connectivity index is 2.92. The molecule has 1 heterocycles. The molecule has 0 aliphatic carbocycles. The van der Waals surface area contributed by atoms with Gasteiger partial charge in [-0.1, -0.05) is 6.92 Å². The molecule has 0 fully saturated rings. The van der Waals surface area contributed by atoms with Gasteiger partial charge in [-0.2, -0.15) is 0 Å². The Morgan fingerprint density at radius 1 is 1.42 bits per heavy atom. The molecule has 2 aromatic rings. The largest absolute Gasteiger partial charge is 0.477 e. The van der Waals surface area contributed by atoms with Gasteiger partial charge in [0.2, 0.25) is 5.43 Å². The van der Waals surface area contributed by atoms with Crippen LogP contribution in [0.25, 0.3) is 10.9 Å². The Kier molecular flexibility index (Phi) is 3.38. The van der Waals surface area contributed by atoms with E-state index in [0.29, 0.717) is 17.6 Å². The summed E-state index contributed by atoms with van der Waals surface area (Å²) in [5.74, 6) is -1.80. The van der Waals surface area contributed by atoms with Crippen molar-refractivity contribution in [2.45, 2.75) is 26.8 Å². The molecule has 0 spiro atoms. The Labute approximate surface area is 109 Å². The van der Waals surface area contributed by atoms with E-state index in [9.17, 15) is 14.0 Å². The van der Waals surface area contributed by atoms with Crippen LogP contribution in [0.5, 0.6) is 0 Å². The van der Waals surface area contributed by atoms with Crippen molar-refractivity contribution in [3.05, 3.63) is 45.5 Å². The van der Waals surface area contributed by atoms with Crippen molar-refractivity contribution in [2.24, 2.45) is 0 Å². The van der Waals surface area contributed by atoms with Crippen molar-refractivity contribution in [2.75, 3.05) is 0 Å². The summed E-state index contributed by atoms with van der Waals surface area (Å²) in [7, 11) is 0. The van der Waals surface area contributed by atoms with Crippen LogP contribution in [-0.4, -0.2) is 15.6 Å². The number of carboxylic acid groups (broad SMARTS) is 1. The quantitative estimate of drug-likeness (QED) is 0.925. The molecule has 19 heavy (non-hydrogen) atoms. The fourth-order valence-corrected chi connectivity index (χ4v) is 2.09. The van der Waals surface area contributed by atoms with Gasteiger partial charge in [0, 0.05) is 18.1 Å². The lowest BCUT2D eigenvalue weighted by Crippen LogP contribution is -2.19. The second kappa shape index (κ2) is 4.84. The van der Waals surface area contributed by atoms with Crippen LogP contribution in [0, 0.1) is 12.7 Å². The van der Waals surface area contributed by atoms with E-state index in [2.05, 4.69) is 0 Å². The third-order valence-corrected chi connectivity index (χ3v) is 3.06. The number of hydrogen-bond donors (Lipinski definition) is 1. The second-order valence-corrected chi connectivity index (χ2v) is 4.49. The van der Waals surface area contributed by atoms with Gasteiger partial charge in [-0.05, 0) is 31.0 Å². The van der Waals surface area contributed by atoms with Gasteiger partial charge in [0.05, 0.1) is 5.52 Å². The van der Waals surface area contributed by atoms with Crippen LogP contribution in [0.2, 0.25) is 0 Å². The highest BCUT2D eigenvalue weighted by molar-refractivity contribution is 5.92. The fraction of sp³-hybridized carbons (Fsp3) is 0.286. The average Bonchev–Trinajstić information content (AvgIpc) is 2.35. The number of hydrogen-bond acceptors (Lipinski definition) is 2. The lowest BCUT2D eigenvalue weighted by atomic mass is 10.1. The van der Waals surface area contributed by atoms with Gasteiger partial charge in [0.25, 0.3) is 0 Å². The average molecular weight is 263 g/mol. The van der Waals surface area contributed by atoms with Crippen molar-refractivity contribution in [3.63, 3.8) is 0 Å². The van der Waals surface area contributed by atoms with Gasteiger partial charge in [-0.3, -0.25) is 4.79 Å². The van der Waals surface area contributed by atoms with Crippen molar-refractivity contribution < 1.29 is 14.3 Å². The monoisotopic (exact) mass is 263 g/mol. The standard InChI is InChI=1S/C14H14FNO3/c1-3-4-16-7-10(14(18)19)13(17)9-6-11(15)8(2)5-12(9)16/h5-7H,3-4H2,1-2H3,(H,18,19). The minimum Gasteiger partial charge on any atom is -0.477 e. The summed E-state index contributed by atoms with van der Waals surface area (Å²) in [5.41, 5.74) is 0.0218. The number of aryl methyl sites for hydroxylation is 2. The maximum absolute atomic E-state index is 13.6. The Bertz CT molecular complexity index is 719. The first-order valence-electron chi connectivity index (χ1n) is 6.02. The number of aromatic nitrogens is 1. The van der Waals surface area contributed by atoms with Crippen LogP contribution in [-0.2, 0) is 6.54 Å². The second-order valence-electron chi connectivity index (χ2n) is 4.49. The number of carboxylic acids is 1. The Hall–Kier alpha value is -2.17. The molecule has 1 N–H and O–H groups in total. The first-order valence-corrected chi connectivity index (χ1v) is 6.02. The highest BCUT2D eigenvalue weighted by Crippen LogP contribution is 2.17. The number of halogens is 1. The lowest BCUT2D eigenvalue weighted by molar-refractivity contribution is 0.0695. The van der Waals surface area contributed by atoms with Gasteiger partial charge in [0.1, 0.15) is 11.4 Å². The zero-order valence-electron chi connectivity index (χ0n) is 10.7. The van der Waals surface area contributed by atoms with Gasteiger partial charge in [-0.25, -0.2) is 9.18 Å². The Morgan fingerprint density at radius 2 is 2.11 bits per heavy atom. The molecule has 5 heteroatoms. The van der Waals surface area contributed by atoms with E-state index in [0.717, 1.165) is 12.5 Å². The maximum atomic E-state index is 13.6. The van der Waals surface area contributed by atoms with E-state index in [1.165, 1.54) is 6.20 Å². The number of fused-ring (bicyclic) bond motifs is 1. The molecule has 0 bridgehead atoms. The summed E-state index contributed by atoms with van der Waals surface area (Å²) < 4.78 is 15.3. The molecule has 4 nitrogen and oxygen atoms in total. The van der Waals surface area contributed by atoms with Crippen molar-refractivity contribution >= 4 is 16.9 Å². The van der Waals surface area contributed by atoms with Gasteiger partial charge >= 0.3 is 5.97 Å². The first-order chi connectivity index (χ1) is 8.95. The van der Waals surface area contributed by atoms with Crippen LogP contribution in [0.15, 0.2) is 23.1 Å². The van der Waals surface area contributed by atoms with Crippen LogP contribution < -0.4 is 5.43 Å². The molecular formula is C14H14FNO3. The number of nitrogens with zero attached hydrogens (tertiary/aromatic N) is 1. The zero-order chi connectivity index (χ0) is 14.2. The van der Waals surface area contributed by atoms with Crippen molar-refractivity contribution in [1.29, 1.82) is 0 Å². The molecule has 100 valence electrons. The molecule has 2 rings (SSSR count). The summed E-state index contributed by atoms with van der Waals surface area (Å²) in [5, 5.41) is 9.14. The minimum absolute atomic E-state index is 0.108. The smallest absolute Gasteiger partial charge is 0.341 e. The van der Waals surface area contributed by atoms with Crippen LogP contribution >= 0.6 is 0 Å². The van der Waals surface area contributed by atoms with Crippen molar-refractivity contribution in [3.8, 4) is 0 Å². The number of aromatic carboxylic acids is 1. The minimum atomic E-state index is -1.29. The first kappa shape index (κ1) is 13.3. The predicted octanol–water partition coefficient (Wildman–Crippen LogP) is 2.56. The summed E-state index contributed by atoms with van der Waals surface area (Å²) in [6, 6.07) is 2.69. The van der Waals surface area contributed by atoms with Crippen molar-refractivity contribution in [1.82, 2.24) is 4.57 Å². The molecule has 0 aliphatic heterocycles. The maximum Gasteiger partial charge on any atom is 0.341 e. The SMILES string of the molecule is CCCn1cc(C(=O)O)c(=O)c2cc(F)c(C)cc21. The molecule has 0 amide bonds. The molecule has 0 aliphatic rings. The highest BCUT2D eigenvalue weighted by atomic mass is 19.1. The fourth-order valence-electron chi connectivity index (χ4n) is 2.09. The normalized spacial score (nSPS) is 10.9.